The van der Waals surface area contributed by atoms with Crippen LogP contribution in [0.1, 0.15) is 36.0 Å². The van der Waals surface area contributed by atoms with Crippen LogP contribution in [0.2, 0.25) is 0 Å². The van der Waals surface area contributed by atoms with Crippen molar-refractivity contribution in [3.8, 4) is 22.3 Å². The Bertz CT molecular complexity index is 1810. The molecule has 0 saturated carbocycles. The van der Waals surface area contributed by atoms with E-state index in [0.717, 1.165) is 12.8 Å². The van der Waals surface area contributed by atoms with Crippen molar-refractivity contribution in [2.45, 2.75) is 25.7 Å². The van der Waals surface area contributed by atoms with Crippen LogP contribution < -0.4 is 0 Å². The van der Waals surface area contributed by atoms with Crippen molar-refractivity contribution in [3.05, 3.63) is 150 Å². The second-order valence-corrected chi connectivity index (χ2v) is 10.6. The lowest BCUT2D eigenvalue weighted by molar-refractivity contribution is 0.744. The fraction of sp³-hybridized carbons (Fsp3) is 0.105. The van der Waals surface area contributed by atoms with Gasteiger partial charge in [-0.3, -0.25) is 0 Å². The van der Waals surface area contributed by atoms with Gasteiger partial charge in [0, 0.05) is 0 Å². The first-order valence-electron chi connectivity index (χ1n) is 13.6. The molecule has 0 N–H and O–H groups in total. The van der Waals surface area contributed by atoms with Gasteiger partial charge in [0.1, 0.15) is 0 Å². The Morgan fingerprint density at radius 2 is 1.08 bits per heavy atom. The summed E-state index contributed by atoms with van der Waals surface area (Å²) in [4.78, 5) is 0. The molecule has 1 aliphatic carbocycles. The van der Waals surface area contributed by atoms with Crippen LogP contribution in [-0.2, 0) is 6.42 Å². The van der Waals surface area contributed by atoms with Crippen LogP contribution in [0.15, 0.2) is 133 Å². The molecule has 0 aliphatic heterocycles. The van der Waals surface area contributed by atoms with E-state index >= 15 is 0 Å². The third kappa shape index (κ3) is 3.94. The molecule has 1 atom stereocenters. The summed E-state index contributed by atoms with van der Waals surface area (Å²) in [6.45, 7) is 2.36. The Kier molecular flexibility index (Phi) is 5.67. The molecule has 182 valence electrons. The molecule has 38 heavy (non-hydrogen) atoms. The van der Waals surface area contributed by atoms with Gasteiger partial charge in [-0.1, -0.05) is 146 Å². The molecule has 6 aromatic rings. The number of hydrogen-bond donors (Lipinski definition) is 0. The zero-order chi connectivity index (χ0) is 25.5. The van der Waals surface area contributed by atoms with E-state index in [4.69, 9.17) is 0 Å². The first kappa shape index (κ1) is 22.8. The number of allylic oxidation sites excluding steroid dienone is 1. The van der Waals surface area contributed by atoms with Gasteiger partial charge in [-0.05, 0) is 79.2 Å². The van der Waals surface area contributed by atoms with E-state index in [1.807, 2.05) is 0 Å². The summed E-state index contributed by atoms with van der Waals surface area (Å²) in [5.74, 6) is 0.485. The van der Waals surface area contributed by atoms with Gasteiger partial charge in [-0.15, -0.1) is 0 Å². The van der Waals surface area contributed by atoms with Gasteiger partial charge in [-0.2, -0.15) is 0 Å². The first-order chi connectivity index (χ1) is 18.8. The summed E-state index contributed by atoms with van der Waals surface area (Å²) in [5, 5.41) is 5.22. The van der Waals surface area contributed by atoms with Gasteiger partial charge in [0.15, 0.2) is 0 Å². The minimum Gasteiger partial charge on any atom is -0.0646 e. The molecule has 7 rings (SSSR count). The molecule has 0 nitrogen and oxygen atoms in total. The maximum absolute atomic E-state index is 2.50. The largest absolute Gasteiger partial charge is 0.0646 e. The second kappa shape index (κ2) is 9.47. The molecule has 1 unspecified atom stereocenters. The Labute approximate surface area is 224 Å². The van der Waals surface area contributed by atoms with Crippen LogP contribution in [0, 0.1) is 0 Å². The maximum atomic E-state index is 2.50. The van der Waals surface area contributed by atoms with Gasteiger partial charge >= 0.3 is 0 Å². The average molecular weight is 487 g/mol. The summed E-state index contributed by atoms with van der Waals surface area (Å²) < 4.78 is 0. The fourth-order valence-electron chi connectivity index (χ4n) is 6.33. The van der Waals surface area contributed by atoms with Gasteiger partial charge in [0.05, 0.1) is 0 Å². The van der Waals surface area contributed by atoms with Crippen LogP contribution in [0.5, 0.6) is 0 Å². The topological polar surface area (TPSA) is 0 Å². The minimum absolute atomic E-state index is 0.485. The van der Waals surface area contributed by atoms with Crippen molar-refractivity contribution in [2.75, 3.05) is 0 Å². The Morgan fingerprint density at radius 3 is 1.76 bits per heavy atom. The van der Waals surface area contributed by atoms with Gasteiger partial charge in [-0.25, -0.2) is 0 Å². The lowest BCUT2D eigenvalue weighted by Crippen LogP contribution is -1.97. The summed E-state index contributed by atoms with van der Waals surface area (Å²) in [6, 6.07) is 46.6. The van der Waals surface area contributed by atoms with Crippen LogP contribution in [-0.4, -0.2) is 0 Å². The van der Waals surface area contributed by atoms with Gasteiger partial charge in [0.2, 0.25) is 0 Å². The van der Waals surface area contributed by atoms with Gasteiger partial charge < -0.3 is 0 Å². The first-order valence-corrected chi connectivity index (χ1v) is 13.6. The second-order valence-electron chi connectivity index (χ2n) is 10.6. The maximum Gasteiger partial charge on any atom is -0.00512 e. The molecule has 0 heteroatoms. The lowest BCUT2D eigenvalue weighted by atomic mass is 9.87. The van der Waals surface area contributed by atoms with Crippen molar-refractivity contribution in [2.24, 2.45) is 0 Å². The Hall–Kier alpha value is -4.42. The monoisotopic (exact) mass is 486 g/mol. The molecule has 0 radical (unpaired) electrons. The summed E-state index contributed by atoms with van der Waals surface area (Å²) in [7, 11) is 0. The van der Waals surface area contributed by atoms with Crippen LogP contribution in [0.4, 0.5) is 0 Å². The molecule has 6 aromatic carbocycles. The van der Waals surface area contributed by atoms with E-state index in [0.29, 0.717) is 5.92 Å². The van der Waals surface area contributed by atoms with E-state index in [1.54, 1.807) is 0 Å². The van der Waals surface area contributed by atoms with Crippen molar-refractivity contribution in [1.29, 1.82) is 0 Å². The van der Waals surface area contributed by atoms with Gasteiger partial charge in [0.25, 0.3) is 0 Å². The Morgan fingerprint density at radius 1 is 0.526 bits per heavy atom. The zero-order valence-corrected chi connectivity index (χ0v) is 21.7. The SMILES string of the molecule is CC(CC1=Cc2c(-c3cccc4ccccc34)ccc(-c3cccc4ccccc34)c2C1)c1ccccc1. The van der Waals surface area contributed by atoms with E-state index in [-0.39, 0.29) is 0 Å². The smallest absolute Gasteiger partial charge is 0.00512 e. The van der Waals surface area contributed by atoms with E-state index in [1.165, 1.54) is 66.1 Å². The third-order valence-corrected chi connectivity index (χ3v) is 8.21. The van der Waals surface area contributed by atoms with Crippen molar-refractivity contribution >= 4 is 27.6 Å². The highest BCUT2D eigenvalue weighted by atomic mass is 14.3. The highest BCUT2D eigenvalue weighted by Gasteiger charge is 2.23. The molecule has 0 bridgehead atoms. The molecule has 0 fully saturated rings. The van der Waals surface area contributed by atoms with Crippen molar-refractivity contribution in [1.82, 2.24) is 0 Å². The van der Waals surface area contributed by atoms with Crippen LogP contribution >= 0.6 is 0 Å². The molecular formula is C38H30. The molecular weight excluding hydrogens is 456 g/mol. The average Bonchev–Trinajstić information content (AvgIpc) is 3.40. The number of benzene rings is 6. The summed E-state index contributed by atoms with van der Waals surface area (Å²) >= 11 is 0. The third-order valence-electron chi connectivity index (χ3n) is 8.21. The predicted octanol–water partition coefficient (Wildman–Crippen LogP) is 10.5. The standard InChI is InChI=1S/C38H30/c1-26(28-11-3-2-4-12-28)23-27-24-37-35(33-19-9-15-29-13-5-7-17-31(29)33)21-22-36(38(37)25-27)34-20-10-16-30-14-6-8-18-32(30)34/h2-22,24,26H,23,25H2,1H3. The summed E-state index contributed by atoms with van der Waals surface area (Å²) in [5.41, 5.74) is 11.1. The zero-order valence-electron chi connectivity index (χ0n) is 21.7. The summed E-state index contributed by atoms with van der Waals surface area (Å²) in [6.07, 6.45) is 4.58. The molecule has 0 heterocycles. The lowest BCUT2D eigenvalue weighted by Gasteiger charge is -2.17. The minimum atomic E-state index is 0.485. The molecule has 0 saturated heterocycles. The quantitative estimate of drug-likeness (QED) is 0.227. The Balaban J connectivity index is 1.40. The molecule has 1 aliphatic rings. The van der Waals surface area contributed by atoms with Crippen molar-refractivity contribution < 1.29 is 0 Å². The van der Waals surface area contributed by atoms with Crippen molar-refractivity contribution in [3.63, 3.8) is 0 Å². The molecule has 0 aromatic heterocycles. The van der Waals surface area contributed by atoms with Crippen LogP contribution in [0.25, 0.3) is 49.9 Å². The molecule has 0 spiro atoms. The highest BCUT2D eigenvalue weighted by Crippen LogP contribution is 2.44. The number of fused-ring (bicyclic) bond motifs is 3. The number of hydrogen-bond acceptors (Lipinski definition) is 0. The fourth-order valence-corrected chi connectivity index (χ4v) is 6.33. The van der Waals surface area contributed by atoms with E-state index < -0.39 is 0 Å². The predicted molar refractivity (Wildman–Crippen MR) is 163 cm³/mol. The van der Waals surface area contributed by atoms with E-state index in [9.17, 15) is 0 Å². The molecule has 0 amide bonds. The number of rotatable bonds is 5. The van der Waals surface area contributed by atoms with E-state index in [2.05, 4.69) is 140 Å². The highest BCUT2D eigenvalue weighted by molar-refractivity contribution is 6.02. The van der Waals surface area contributed by atoms with Crippen LogP contribution in [0.3, 0.4) is 0 Å². The normalized spacial score (nSPS) is 13.4.